The molecule has 1 aliphatic rings. The highest BCUT2D eigenvalue weighted by atomic mass is 32.2. The fourth-order valence-corrected chi connectivity index (χ4v) is 5.48. The summed E-state index contributed by atoms with van der Waals surface area (Å²) in [5.41, 5.74) is 0.642. The number of hydrogen-bond acceptors (Lipinski definition) is 4. The predicted molar refractivity (Wildman–Crippen MR) is 105 cm³/mol. The number of halogens is 2. The average Bonchev–Trinajstić information content (AvgIpc) is 2.86. The molecule has 1 N–H and O–H groups in total. The molecule has 4 rings (SSSR count). The molecule has 0 aromatic heterocycles. The van der Waals surface area contributed by atoms with E-state index in [0.29, 0.717) is 22.8 Å². The predicted octanol–water partition coefficient (Wildman–Crippen LogP) is 4.30. The number of nitrogens with zero attached hydrogens (tertiary/aromatic N) is 1. The van der Waals surface area contributed by atoms with E-state index in [1.54, 1.807) is 42.5 Å². The van der Waals surface area contributed by atoms with Crippen LogP contribution in [0.2, 0.25) is 0 Å². The van der Waals surface area contributed by atoms with Crippen LogP contribution in [0.15, 0.2) is 70.5 Å². The zero-order chi connectivity index (χ0) is 19.9. The van der Waals surface area contributed by atoms with Crippen molar-refractivity contribution in [1.29, 1.82) is 0 Å². The zero-order valence-corrected chi connectivity index (χ0v) is 15.9. The second-order valence-corrected chi connectivity index (χ2v) is 8.93. The van der Waals surface area contributed by atoms with Gasteiger partial charge in [0.15, 0.2) is 0 Å². The SMILES string of the molecule is O=C(CN1c2cccc3cccc(c23)S1(=O)=O)Nc1ccccc1SC(F)F. The highest BCUT2D eigenvalue weighted by molar-refractivity contribution is 7.99. The molecule has 0 saturated heterocycles. The number of amides is 1. The lowest BCUT2D eigenvalue weighted by Crippen LogP contribution is -2.35. The monoisotopic (exact) mass is 420 g/mol. The van der Waals surface area contributed by atoms with E-state index in [4.69, 9.17) is 0 Å². The highest BCUT2D eigenvalue weighted by Crippen LogP contribution is 2.41. The van der Waals surface area contributed by atoms with Crippen LogP contribution in [0.25, 0.3) is 10.8 Å². The van der Waals surface area contributed by atoms with Gasteiger partial charge in [0.1, 0.15) is 6.54 Å². The Bertz CT molecular complexity index is 1180. The van der Waals surface area contributed by atoms with Gasteiger partial charge in [-0.2, -0.15) is 8.78 Å². The van der Waals surface area contributed by atoms with Crippen molar-refractivity contribution in [1.82, 2.24) is 0 Å². The topological polar surface area (TPSA) is 66.5 Å². The van der Waals surface area contributed by atoms with Gasteiger partial charge in [0.05, 0.1) is 16.3 Å². The van der Waals surface area contributed by atoms with Gasteiger partial charge in [-0.1, -0.05) is 48.2 Å². The minimum Gasteiger partial charge on any atom is -0.323 e. The van der Waals surface area contributed by atoms with Gasteiger partial charge in [-0.3, -0.25) is 9.10 Å². The number of carbonyl (C=O) groups is 1. The lowest BCUT2D eigenvalue weighted by atomic mass is 10.1. The molecule has 9 heteroatoms. The van der Waals surface area contributed by atoms with Crippen molar-refractivity contribution in [3.05, 3.63) is 60.7 Å². The van der Waals surface area contributed by atoms with Crippen molar-refractivity contribution in [2.45, 2.75) is 15.5 Å². The number of nitrogens with one attached hydrogen (secondary N) is 1. The standard InChI is InChI=1S/C19H14F2N2O3S2/c20-19(21)27-15-9-2-1-7-13(15)22-17(24)11-23-14-8-3-5-12-6-4-10-16(18(12)14)28(23,25)26/h1-10,19H,11H2,(H,22,24). The summed E-state index contributed by atoms with van der Waals surface area (Å²) in [5, 5.41) is 3.88. The van der Waals surface area contributed by atoms with Crippen molar-refractivity contribution in [2.24, 2.45) is 0 Å². The molecule has 0 aliphatic carbocycles. The molecule has 0 radical (unpaired) electrons. The summed E-state index contributed by atoms with van der Waals surface area (Å²) in [7, 11) is -3.87. The van der Waals surface area contributed by atoms with E-state index < -0.39 is 28.2 Å². The number of benzene rings is 3. The Labute approximate surface area is 164 Å². The van der Waals surface area contributed by atoms with Crippen LogP contribution in [-0.4, -0.2) is 26.6 Å². The molecule has 28 heavy (non-hydrogen) atoms. The molecule has 3 aromatic rings. The van der Waals surface area contributed by atoms with Crippen LogP contribution in [0.1, 0.15) is 0 Å². The van der Waals surface area contributed by atoms with Gasteiger partial charge in [0.25, 0.3) is 15.8 Å². The van der Waals surface area contributed by atoms with Crippen LogP contribution in [0.3, 0.4) is 0 Å². The molecule has 1 heterocycles. The normalized spacial score (nSPS) is 14.6. The minimum atomic E-state index is -3.87. The molecule has 0 saturated carbocycles. The zero-order valence-electron chi connectivity index (χ0n) is 14.3. The van der Waals surface area contributed by atoms with Crippen molar-refractivity contribution < 1.29 is 22.0 Å². The van der Waals surface area contributed by atoms with E-state index in [1.165, 1.54) is 18.2 Å². The summed E-state index contributed by atoms with van der Waals surface area (Å²) in [6.07, 6.45) is 0. The van der Waals surface area contributed by atoms with E-state index in [-0.39, 0.29) is 15.5 Å². The van der Waals surface area contributed by atoms with Crippen molar-refractivity contribution in [3.8, 4) is 0 Å². The summed E-state index contributed by atoms with van der Waals surface area (Å²) in [6, 6.07) is 16.3. The highest BCUT2D eigenvalue weighted by Gasteiger charge is 2.36. The summed E-state index contributed by atoms with van der Waals surface area (Å²) in [4.78, 5) is 12.9. The van der Waals surface area contributed by atoms with Crippen LogP contribution in [0.5, 0.6) is 0 Å². The number of rotatable bonds is 5. The number of anilines is 2. The van der Waals surface area contributed by atoms with Crippen LogP contribution >= 0.6 is 11.8 Å². The Morgan fingerprint density at radius 2 is 1.75 bits per heavy atom. The first-order valence-corrected chi connectivity index (χ1v) is 10.6. The molecule has 0 fully saturated rings. The summed E-state index contributed by atoms with van der Waals surface area (Å²) >= 11 is 0.315. The summed E-state index contributed by atoms with van der Waals surface area (Å²) < 4.78 is 52.3. The Kier molecular flexibility index (Phi) is 4.72. The van der Waals surface area contributed by atoms with Crippen LogP contribution in [0.4, 0.5) is 20.2 Å². The van der Waals surface area contributed by atoms with Gasteiger partial charge in [-0.15, -0.1) is 0 Å². The van der Waals surface area contributed by atoms with E-state index in [0.717, 1.165) is 9.69 Å². The Morgan fingerprint density at radius 3 is 2.50 bits per heavy atom. The van der Waals surface area contributed by atoms with Crippen molar-refractivity contribution in [2.75, 3.05) is 16.2 Å². The Balaban J connectivity index is 1.63. The Hall–Kier alpha value is -2.65. The maximum atomic E-state index is 12.9. The van der Waals surface area contributed by atoms with Crippen LogP contribution in [-0.2, 0) is 14.8 Å². The molecule has 5 nitrogen and oxygen atoms in total. The van der Waals surface area contributed by atoms with Gasteiger partial charge >= 0.3 is 0 Å². The number of sulfonamides is 1. The number of hydrogen-bond donors (Lipinski definition) is 1. The third-order valence-corrected chi connectivity index (χ3v) is 6.94. The molecule has 0 unspecified atom stereocenters. The van der Waals surface area contributed by atoms with Crippen molar-refractivity contribution in [3.63, 3.8) is 0 Å². The first-order chi connectivity index (χ1) is 13.4. The van der Waals surface area contributed by atoms with Gasteiger partial charge in [-0.05, 0) is 29.7 Å². The van der Waals surface area contributed by atoms with Crippen LogP contribution in [0, 0.1) is 0 Å². The lowest BCUT2D eigenvalue weighted by Gasteiger charge is -2.19. The number of thioether (sulfide) groups is 1. The number of alkyl halides is 2. The molecule has 1 amide bonds. The third kappa shape index (κ3) is 3.20. The molecular formula is C19H14F2N2O3S2. The van der Waals surface area contributed by atoms with Gasteiger partial charge in [0, 0.05) is 10.3 Å². The van der Waals surface area contributed by atoms with Gasteiger partial charge < -0.3 is 5.32 Å². The van der Waals surface area contributed by atoms with Gasteiger partial charge in [-0.25, -0.2) is 8.42 Å². The molecule has 144 valence electrons. The molecule has 1 aliphatic heterocycles. The largest absolute Gasteiger partial charge is 0.323 e. The van der Waals surface area contributed by atoms with E-state index in [1.807, 2.05) is 0 Å². The first kappa shape index (κ1) is 18.7. The molecule has 3 aromatic carbocycles. The van der Waals surface area contributed by atoms with Crippen LogP contribution < -0.4 is 9.62 Å². The quantitative estimate of drug-likeness (QED) is 0.625. The summed E-state index contributed by atoms with van der Waals surface area (Å²) in [6.45, 7) is -0.455. The molecule has 0 atom stereocenters. The molecular weight excluding hydrogens is 406 g/mol. The van der Waals surface area contributed by atoms with Gasteiger partial charge in [0.2, 0.25) is 5.91 Å². The average molecular weight is 420 g/mol. The second kappa shape index (κ2) is 7.06. The second-order valence-electron chi connectivity index (χ2n) is 6.07. The number of para-hydroxylation sites is 1. The maximum Gasteiger partial charge on any atom is 0.288 e. The van der Waals surface area contributed by atoms with Crippen molar-refractivity contribution >= 4 is 49.8 Å². The number of carbonyl (C=O) groups excluding carboxylic acids is 1. The maximum absolute atomic E-state index is 12.9. The fraction of sp³-hybridized carbons (Fsp3) is 0.105. The lowest BCUT2D eigenvalue weighted by molar-refractivity contribution is -0.114. The molecule has 0 spiro atoms. The van der Waals surface area contributed by atoms with E-state index in [9.17, 15) is 22.0 Å². The first-order valence-electron chi connectivity index (χ1n) is 8.26. The fourth-order valence-electron chi connectivity index (χ4n) is 3.22. The Morgan fingerprint density at radius 1 is 1.04 bits per heavy atom. The van der Waals surface area contributed by atoms with E-state index >= 15 is 0 Å². The minimum absolute atomic E-state index is 0.155. The summed E-state index contributed by atoms with van der Waals surface area (Å²) in [5.74, 6) is -3.25. The van der Waals surface area contributed by atoms with E-state index in [2.05, 4.69) is 5.32 Å². The smallest absolute Gasteiger partial charge is 0.288 e. The third-order valence-electron chi connectivity index (χ3n) is 4.35. The molecule has 0 bridgehead atoms.